The first-order chi connectivity index (χ1) is 9.38. The maximum absolute atomic E-state index is 12.2. The highest BCUT2D eigenvalue weighted by atomic mass is 35.5. The summed E-state index contributed by atoms with van der Waals surface area (Å²) in [6, 6.07) is 4.93. The number of hydrogen-bond donors (Lipinski definition) is 3. The lowest BCUT2D eigenvalue weighted by Gasteiger charge is -2.25. The molecule has 0 aliphatic carbocycles. The number of aryl methyl sites for hydroxylation is 1. The van der Waals surface area contributed by atoms with Gasteiger partial charge in [-0.25, -0.2) is 9.69 Å². The summed E-state index contributed by atoms with van der Waals surface area (Å²) in [4.78, 5) is 13.4. The number of nitrogens with two attached hydrogens (primary N) is 1. The van der Waals surface area contributed by atoms with Crippen molar-refractivity contribution in [3.05, 3.63) is 28.8 Å². The van der Waals surface area contributed by atoms with Crippen LogP contribution in [0.25, 0.3) is 0 Å². The lowest BCUT2D eigenvalue weighted by atomic mass is 10.1. The summed E-state index contributed by atoms with van der Waals surface area (Å²) in [7, 11) is 0. The van der Waals surface area contributed by atoms with E-state index in [-0.39, 0.29) is 5.96 Å². The predicted octanol–water partition coefficient (Wildman–Crippen LogP) is 2.97. The number of nitrogens with one attached hydrogen (secondary N) is 2. The molecule has 0 aromatic heterocycles. The quantitative estimate of drug-likeness (QED) is 0.589. The summed E-state index contributed by atoms with van der Waals surface area (Å²) in [5, 5.41) is 10.8. The molecule has 2 amide bonds. The minimum absolute atomic E-state index is 0.310. The average Bonchev–Trinajstić information content (AvgIpc) is 2.38. The third-order valence-electron chi connectivity index (χ3n) is 2.78. The highest BCUT2D eigenvalue weighted by molar-refractivity contribution is 6.35. The Bertz CT molecular complexity index is 502. The van der Waals surface area contributed by atoms with E-state index in [0.29, 0.717) is 29.6 Å². The standard InChI is InChI=1S/C14H21ClN4O/c1-4-10-6-5-7-11(15)12(10)19(13(16)17)14(20)18-8-9(2)3/h5-7,9H,4,8H2,1-3H3,(H3,16,17)(H,18,20). The van der Waals surface area contributed by atoms with Gasteiger partial charge in [0.15, 0.2) is 0 Å². The second-order valence-electron chi connectivity index (χ2n) is 4.90. The molecule has 4 N–H and O–H groups in total. The molecular weight excluding hydrogens is 276 g/mol. The lowest BCUT2D eigenvalue weighted by molar-refractivity contribution is 0.247. The van der Waals surface area contributed by atoms with Crippen molar-refractivity contribution in [1.82, 2.24) is 5.32 Å². The molecule has 0 unspecified atom stereocenters. The van der Waals surface area contributed by atoms with Gasteiger partial charge in [-0.05, 0) is 24.0 Å². The number of benzene rings is 1. The van der Waals surface area contributed by atoms with E-state index < -0.39 is 6.03 Å². The van der Waals surface area contributed by atoms with E-state index in [4.69, 9.17) is 22.7 Å². The van der Waals surface area contributed by atoms with E-state index >= 15 is 0 Å². The van der Waals surface area contributed by atoms with Crippen LogP contribution < -0.4 is 16.0 Å². The van der Waals surface area contributed by atoms with E-state index in [1.165, 1.54) is 0 Å². The van der Waals surface area contributed by atoms with Crippen LogP contribution in [0.1, 0.15) is 26.3 Å². The van der Waals surface area contributed by atoms with Gasteiger partial charge in [-0.2, -0.15) is 0 Å². The van der Waals surface area contributed by atoms with Gasteiger partial charge in [0.05, 0.1) is 10.7 Å². The van der Waals surface area contributed by atoms with Gasteiger partial charge in [0.25, 0.3) is 0 Å². The number of hydrogen-bond acceptors (Lipinski definition) is 2. The van der Waals surface area contributed by atoms with E-state index in [9.17, 15) is 4.79 Å². The molecule has 0 radical (unpaired) electrons. The number of carbonyl (C=O) groups excluding carboxylic acids is 1. The second kappa shape index (κ2) is 7.14. The van der Waals surface area contributed by atoms with Crippen molar-refractivity contribution >= 4 is 29.3 Å². The zero-order chi connectivity index (χ0) is 15.3. The molecule has 0 spiro atoms. The highest BCUT2D eigenvalue weighted by Gasteiger charge is 2.23. The Morgan fingerprint density at radius 1 is 1.50 bits per heavy atom. The summed E-state index contributed by atoms with van der Waals surface area (Å²) in [5.74, 6) is -0.0429. The van der Waals surface area contributed by atoms with E-state index in [0.717, 1.165) is 10.5 Å². The van der Waals surface area contributed by atoms with Gasteiger partial charge in [0.1, 0.15) is 0 Å². The van der Waals surface area contributed by atoms with Crippen molar-refractivity contribution in [2.75, 3.05) is 11.4 Å². The number of urea groups is 1. The average molecular weight is 297 g/mol. The summed E-state index contributed by atoms with van der Waals surface area (Å²) < 4.78 is 0. The Labute approximate surface area is 124 Å². The predicted molar refractivity (Wildman–Crippen MR) is 83.5 cm³/mol. The molecule has 0 bridgehead atoms. The number of carbonyl (C=O) groups is 1. The molecule has 0 aliphatic heterocycles. The first kappa shape index (κ1) is 16.3. The maximum atomic E-state index is 12.2. The fourth-order valence-corrected chi connectivity index (χ4v) is 2.08. The molecule has 110 valence electrons. The minimum atomic E-state index is -0.436. The summed E-state index contributed by atoms with van der Waals surface area (Å²) >= 11 is 6.18. The van der Waals surface area contributed by atoms with E-state index in [2.05, 4.69) is 5.32 Å². The fraction of sp³-hybridized carbons (Fsp3) is 0.429. The SMILES string of the molecule is CCc1cccc(Cl)c1N(C(=N)N)C(=O)NCC(C)C. The number of nitrogens with zero attached hydrogens (tertiary/aromatic N) is 1. The highest BCUT2D eigenvalue weighted by Crippen LogP contribution is 2.30. The van der Waals surface area contributed by atoms with Crippen LogP contribution in [-0.4, -0.2) is 18.5 Å². The van der Waals surface area contributed by atoms with Crippen LogP contribution in [0.5, 0.6) is 0 Å². The molecule has 5 nitrogen and oxygen atoms in total. The molecular formula is C14H21ClN4O. The van der Waals surface area contributed by atoms with Crippen LogP contribution in [0.2, 0.25) is 5.02 Å². The second-order valence-corrected chi connectivity index (χ2v) is 5.31. The minimum Gasteiger partial charge on any atom is -0.369 e. The van der Waals surface area contributed by atoms with Crippen LogP contribution in [0, 0.1) is 11.3 Å². The van der Waals surface area contributed by atoms with Gasteiger partial charge < -0.3 is 11.1 Å². The number of guanidine groups is 1. The van der Waals surface area contributed by atoms with Gasteiger partial charge in [0.2, 0.25) is 5.96 Å². The number of amides is 2. The monoisotopic (exact) mass is 296 g/mol. The summed E-state index contributed by atoms with van der Waals surface area (Å²) in [6.07, 6.45) is 0.692. The normalized spacial score (nSPS) is 10.4. The topological polar surface area (TPSA) is 82.2 Å². The third kappa shape index (κ3) is 3.87. The van der Waals surface area contributed by atoms with Crippen molar-refractivity contribution in [3.63, 3.8) is 0 Å². The molecule has 0 aliphatic rings. The molecule has 0 saturated heterocycles. The van der Waals surface area contributed by atoms with Crippen LogP contribution in [0.4, 0.5) is 10.5 Å². The first-order valence-corrected chi connectivity index (χ1v) is 6.95. The van der Waals surface area contributed by atoms with Gasteiger partial charge in [-0.3, -0.25) is 5.41 Å². The zero-order valence-electron chi connectivity index (χ0n) is 12.0. The Kier molecular flexibility index (Phi) is 5.82. The number of rotatable bonds is 4. The maximum Gasteiger partial charge on any atom is 0.328 e. The number of anilines is 1. The summed E-state index contributed by atoms with van der Waals surface area (Å²) in [5.41, 5.74) is 6.90. The molecule has 1 rings (SSSR count). The van der Waals surface area contributed by atoms with Gasteiger partial charge >= 0.3 is 6.03 Å². The Morgan fingerprint density at radius 3 is 2.65 bits per heavy atom. The first-order valence-electron chi connectivity index (χ1n) is 6.57. The molecule has 0 fully saturated rings. The van der Waals surface area contributed by atoms with Gasteiger partial charge in [0, 0.05) is 6.54 Å². The Hall–Kier alpha value is -1.75. The van der Waals surface area contributed by atoms with Crippen LogP contribution in [0.3, 0.4) is 0 Å². The molecule has 1 aromatic rings. The van der Waals surface area contributed by atoms with Crippen molar-refractivity contribution in [2.45, 2.75) is 27.2 Å². The Morgan fingerprint density at radius 2 is 2.15 bits per heavy atom. The van der Waals surface area contributed by atoms with Crippen LogP contribution in [0.15, 0.2) is 18.2 Å². The van der Waals surface area contributed by atoms with Gasteiger partial charge in [-0.1, -0.05) is 44.5 Å². The van der Waals surface area contributed by atoms with Crippen molar-refractivity contribution in [1.29, 1.82) is 5.41 Å². The van der Waals surface area contributed by atoms with Crippen LogP contribution in [-0.2, 0) is 6.42 Å². The number of para-hydroxylation sites is 1. The van der Waals surface area contributed by atoms with Gasteiger partial charge in [-0.15, -0.1) is 0 Å². The Balaban J connectivity index is 3.15. The largest absolute Gasteiger partial charge is 0.369 e. The fourth-order valence-electron chi connectivity index (χ4n) is 1.80. The number of halogens is 1. The summed E-state index contributed by atoms with van der Waals surface area (Å²) in [6.45, 7) is 6.45. The third-order valence-corrected chi connectivity index (χ3v) is 3.09. The molecule has 6 heteroatoms. The molecule has 1 aromatic carbocycles. The molecule has 0 saturated carbocycles. The lowest BCUT2D eigenvalue weighted by Crippen LogP contribution is -2.48. The van der Waals surface area contributed by atoms with Crippen molar-refractivity contribution < 1.29 is 4.79 Å². The molecule has 0 atom stereocenters. The van der Waals surface area contributed by atoms with Crippen molar-refractivity contribution in [2.24, 2.45) is 11.7 Å². The zero-order valence-corrected chi connectivity index (χ0v) is 12.8. The molecule has 0 heterocycles. The van der Waals surface area contributed by atoms with Crippen LogP contribution >= 0.6 is 11.6 Å². The van der Waals surface area contributed by atoms with Crippen molar-refractivity contribution in [3.8, 4) is 0 Å². The molecule has 20 heavy (non-hydrogen) atoms. The van der Waals surface area contributed by atoms with E-state index in [1.54, 1.807) is 6.07 Å². The smallest absolute Gasteiger partial charge is 0.328 e. The van der Waals surface area contributed by atoms with E-state index in [1.807, 2.05) is 32.9 Å².